The fraction of sp³-hybridized carbons (Fsp3) is 0.273. The van der Waals surface area contributed by atoms with Crippen molar-refractivity contribution in [2.75, 3.05) is 13.2 Å². The molecule has 0 fully saturated rings. The topological polar surface area (TPSA) is 45.8 Å². The molecule has 0 spiro atoms. The molecule has 1 N–H and O–H groups in total. The molecule has 0 saturated carbocycles. The smallest absolute Gasteiger partial charge is 0.129 e. The van der Waals surface area contributed by atoms with E-state index in [2.05, 4.69) is 4.90 Å². The monoisotopic (exact) mass is 369 g/mol. The molecule has 2 aromatic carbocycles. The summed E-state index contributed by atoms with van der Waals surface area (Å²) in [6, 6.07) is 20.2. The number of hydrogen-bond donors (Lipinski definition) is 1. The minimum absolute atomic E-state index is 0.204. The van der Waals surface area contributed by atoms with Gasteiger partial charge in [-0.15, -0.1) is 0 Å². The molecule has 3 aromatic rings. The van der Waals surface area contributed by atoms with E-state index >= 15 is 0 Å². The summed E-state index contributed by atoms with van der Waals surface area (Å²) in [5.74, 6) is 0.470. The first-order valence-electron chi connectivity index (χ1n) is 8.98. The highest BCUT2D eigenvalue weighted by Crippen LogP contribution is 2.12. The van der Waals surface area contributed by atoms with Crippen molar-refractivity contribution < 1.29 is 18.7 Å². The summed E-state index contributed by atoms with van der Waals surface area (Å²) in [5.41, 5.74) is 2.01. The fourth-order valence-corrected chi connectivity index (χ4v) is 2.96. The number of hydrogen-bond acceptors (Lipinski definition) is 4. The van der Waals surface area contributed by atoms with E-state index in [0.717, 1.165) is 16.9 Å². The first kappa shape index (κ1) is 19.3. The van der Waals surface area contributed by atoms with Crippen molar-refractivity contribution in [1.82, 2.24) is 4.90 Å². The number of furan rings is 1. The maximum Gasteiger partial charge on any atom is 0.129 e. The molecule has 4 nitrogen and oxygen atoms in total. The van der Waals surface area contributed by atoms with Crippen LogP contribution in [0.25, 0.3) is 0 Å². The Labute approximate surface area is 158 Å². The summed E-state index contributed by atoms with van der Waals surface area (Å²) in [5, 5.41) is 10.4. The highest BCUT2D eigenvalue weighted by Gasteiger charge is 2.14. The molecule has 5 heteroatoms. The molecule has 0 amide bonds. The molecule has 0 aliphatic heterocycles. The molecule has 0 aliphatic carbocycles. The highest BCUT2D eigenvalue weighted by atomic mass is 19.1. The quantitative estimate of drug-likeness (QED) is 0.587. The third kappa shape index (κ3) is 6.64. The molecule has 142 valence electrons. The summed E-state index contributed by atoms with van der Waals surface area (Å²) in [6.45, 7) is 2.15. The van der Waals surface area contributed by atoms with E-state index in [9.17, 15) is 9.50 Å². The summed E-state index contributed by atoms with van der Waals surface area (Å²) in [6.07, 6.45) is 0.938. The van der Waals surface area contributed by atoms with Crippen LogP contribution in [0.4, 0.5) is 4.39 Å². The van der Waals surface area contributed by atoms with Gasteiger partial charge in [-0.05, 0) is 35.4 Å². The maximum absolute atomic E-state index is 13.5. The number of benzene rings is 2. The number of aliphatic hydroxyl groups is 1. The molecular formula is C22H24FNO3. The second-order valence-electron chi connectivity index (χ2n) is 6.53. The van der Waals surface area contributed by atoms with E-state index in [1.54, 1.807) is 18.4 Å². The van der Waals surface area contributed by atoms with Gasteiger partial charge >= 0.3 is 0 Å². The average molecular weight is 369 g/mol. The van der Waals surface area contributed by atoms with Gasteiger partial charge in [-0.2, -0.15) is 0 Å². The molecule has 0 radical (unpaired) electrons. The van der Waals surface area contributed by atoms with E-state index in [1.165, 1.54) is 12.1 Å². The summed E-state index contributed by atoms with van der Waals surface area (Å²) in [4.78, 5) is 2.09. The van der Waals surface area contributed by atoms with Crippen LogP contribution in [0.5, 0.6) is 0 Å². The first-order valence-corrected chi connectivity index (χ1v) is 8.98. The lowest BCUT2D eigenvalue weighted by Crippen LogP contribution is -2.34. The van der Waals surface area contributed by atoms with Crippen LogP contribution in [0.15, 0.2) is 77.4 Å². The predicted octanol–water partition coefficient (Wildman–Crippen LogP) is 4.00. The summed E-state index contributed by atoms with van der Waals surface area (Å²) in [7, 11) is 0. The lowest BCUT2D eigenvalue weighted by atomic mass is 10.1. The minimum Gasteiger partial charge on any atom is -0.467 e. The number of nitrogens with zero attached hydrogens (tertiary/aromatic N) is 1. The van der Waals surface area contributed by atoms with E-state index in [1.807, 2.05) is 42.5 Å². The molecule has 3 rings (SSSR count). The minimum atomic E-state index is -0.655. The van der Waals surface area contributed by atoms with Crippen molar-refractivity contribution in [3.63, 3.8) is 0 Å². The Balaban J connectivity index is 1.58. The zero-order valence-electron chi connectivity index (χ0n) is 15.1. The van der Waals surface area contributed by atoms with Gasteiger partial charge < -0.3 is 14.3 Å². The largest absolute Gasteiger partial charge is 0.467 e. The maximum atomic E-state index is 13.5. The SMILES string of the molecule is OC(COCc1ccco1)CN(Cc1ccccc1)Cc1cccc(F)c1. The van der Waals surface area contributed by atoms with Crippen molar-refractivity contribution >= 4 is 0 Å². The summed E-state index contributed by atoms with van der Waals surface area (Å²) < 4.78 is 24.3. The second kappa shape index (κ2) is 10.0. The normalized spacial score (nSPS) is 12.4. The van der Waals surface area contributed by atoms with Crippen molar-refractivity contribution in [3.05, 3.63) is 95.7 Å². The van der Waals surface area contributed by atoms with Gasteiger partial charge in [0.1, 0.15) is 18.2 Å². The lowest BCUT2D eigenvalue weighted by Gasteiger charge is -2.25. The van der Waals surface area contributed by atoms with E-state index in [4.69, 9.17) is 9.15 Å². The Morgan fingerprint density at radius 1 is 0.963 bits per heavy atom. The van der Waals surface area contributed by atoms with Crippen LogP contribution in [0.3, 0.4) is 0 Å². The predicted molar refractivity (Wildman–Crippen MR) is 101 cm³/mol. The Hall–Kier alpha value is -2.47. The number of aliphatic hydroxyl groups excluding tert-OH is 1. The van der Waals surface area contributed by atoms with Gasteiger partial charge in [0, 0.05) is 19.6 Å². The van der Waals surface area contributed by atoms with Gasteiger partial charge in [0.05, 0.1) is 19.0 Å². The highest BCUT2D eigenvalue weighted by molar-refractivity contribution is 5.18. The van der Waals surface area contributed by atoms with Crippen LogP contribution in [0.1, 0.15) is 16.9 Å². The van der Waals surface area contributed by atoms with E-state index in [-0.39, 0.29) is 12.4 Å². The Morgan fingerprint density at radius 2 is 1.74 bits per heavy atom. The third-order valence-electron chi connectivity index (χ3n) is 4.15. The average Bonchev–Trinajstić information content (AvgIpc) is 3.16. The standard InChI is InChI=1S/C22H24FNO3/c23-20-9-4-8-19(12-20)14-24(13-18-6-2-1-3-7-18)15-21(25)16-26-17-22-10-5-11-27-22/h1-12,21,25H,13-17H2. The Bertz CT molecular complexity index is 792. The number of ether oxygens (including phenoxy) is 1. The van der Waals surface area contributed by atoms with Crippen LogP contribution in [0.2, 0.25) is 0 Å². The second-order valence-corrected chi connectivity index (χ2v) is 6.53. The van der Waals surface area contributed by atoms with E-state index < -0.39 is 6.10 Å². The van der Waals surface area contributed by atoms with Gasteiger partial charge in [0.25, 0.3) is 0 Å². The molecule has 1 aromatic heterocycles. The van der Waals surface area contributed by atoms with E-state index in [0.29, 0.717) is 26.2 Å². The van der Waals surface area contributed by atoms with Gasteiger partial charge in [-0.3, -0.25) is 4.90 Å². The zero-order valence-corrected chi connectivity index (χ0v) is 15.1. The zero-order chi connectivity index (χ0) is 18.9. The summed E-state index contributed by atoms with van der Waals surface area (Å²) >= 11 is 0. The van der Waals surface area contributed by atoms with Gasteiger partial charge in [-0.25, -0.2) is 4.39 Å². The third-order valence-corrected chi connectivity index (χ3v) is 4.15. The molecule has 1 unspecified atom stereocenters. The Kier molecular flexibility index (Phi) is 7.16. The van der Waals surface area contributed by atoms with Gasteiger partial charge in [0.2, 0.25) is 0 Å². The van der Waals surface area contributed by atoms with Crippen molar-refractivity contribution in [2.24, 2.45) is 0 Å². The molecular weight excluding hydrogens is 345 g/mol. The molecule has 1 heterocycles. The van der Waals surface area contributed by atoms with Gasteiger partial charge in [0.15, 0.2) is 0 Å². The molecule has 0 aliphatic rings. The Morgan fingerprint density at radius 3 is 2.48 bits per heavy atom. The van der Waals surface area contributed by atoms with Crippen molar-refractivity contribution in [3.8, 4) is 0 Å². The molecule has 0 bridgehead atoms. The van der Waals surface area contributed by atoms with Crippen LogP contribution < -0.4 is 0 Å². The lowest BCUT2D eigenvalue weighted by molar-refractivity contribution is 0.00252. The van der Waals surface area contributed by atoms with Crippen LogP contribution >= 0.6 is 0 Å². The molecule has 27 heavy (non-hydrogen) atoms. The number of halogens is 1. The van der Waals surface area contributed by atoms with Crippen LogP contribution in [-0.2, 0) is 24.4 Å². The van der Waals surface area contributed by atoms with Crippen LogP contribution in [0, 0.1) is 5.82 Å². The van der Waals surface area contributed by atoms with Gasteiger partial charge in [-0.1, -0.05) is 42.5 Å². The molecule has 1 atom stereocenters. The van der Waals surface area contributed by atoms with Crippen molar-refractivity contribution in [2.45, 2.75) is 25.8 Å². The van der Waals surface area contributed by atoms with Crippen LogP contribution in [-0.4, -0.2) is 29.3 Å². The number of rotatable bonds is 10. The first-order chi connectivity index (χ1) is 13.2. The molecule has 0 saturated heterocycles. The fourth-order valence-electron chi connectivity index (χ4n) is 2.96. The van der Waals surface area contributed by atoms with Crippen molar-refractivity contribution in [1.29, 1.82) is 0 Å².